The van der Waals surface area contributed by atoms with Crippen molar-refractivity contribution in [1.29, 1.82) is 0 Å². The minimum atomic E-state index is -1.03. The van der Waals surface area contributed by atoms with E-state index in [9.17, 15) is 14.7 Å². The lowest BCUT2D eigenvalue weighted by Crippen LogP contribution is -2.59. The van der Waals surface area contributed by atoms with Gasteiger partial charge in [-0.05, 0) is 51.1 Å². The molecule has 1 saturated carbocycles. The third-order valence-electron chi connectivity index (χ3n) is 6.97. The molecule has 0 unspecified atom stereocenters. The van der Waals surface area contributed by atoms with Crippen LogP contribution in [0.3, 0.4) is 0 Å². The largest absolute Gasteiger partial charge is 0.384 e. The number of hydrogen-bond acceptors (Lipinski definition) is 4. The van der Waals surface area contributed by atoms with Crippen molar-refractivity contribution >= 4 is 23.4 Å². The Balaban J connectivity index is 1.72. The van der Waals surface area contributed by atoms with Gasteiger partial charge in [0.15, 0.2) is 0 Å². The monoisotopic (exact) mass is 449 g/mol. The highest BCUT2D eigenvalue weighted by Crippen LogP contribution is 2.46. The van der Waals surface area contributed by atoms with Gasteiger partial charge in [-0.3, -0.25) is 9.59 Å². The zero-order valence-electron chi connectivity index (χ0n) is 19.2. The van der Waals surface area contributed by atoms with Crippen molar-refractivity contribution < 1.29 is 14.7 Å². The van der Waals surface area contributed by atoms with Crippen molar-refractivity contribution in [3.05, 3.63) is 34.9 Å². The molecule has 3 atom stereocenters. The molecule has 1 saturated heterocycles. The van der Waals surface area contributed by atoms with Gasteiger partial charge in [-0.25, -0.2) is 0 Å². The zero-order chi connectivity index (χ0) is 22.8. The molecule has 0 bridgehead atoms. The molecule has 1 aromatic rings. The van der Waals surface area contributed by atoms with Crippen LogP contribution in [0, 0.1) is 11.3 Å². The van der Waals surface area contributed by atoms with Gasteiger partial charge in [0.25, 0.3) is 0 Å². The molecule has 2 amide bonds. The molecule has 172 valence electrons. The number of halogens is 1. The smallest absolute Gasteiger partial charge is 0.234 e. The number of nitrogens with one attached hydrogen (secondary N) is 1. The molecule has 1 aliphatic carbocycles. The molecule has 2 fully saturated rings. The van der Waals surface area contributed by atoms with E-state index >= 15 is 0 Å². The molecule has 3 rings (SSSR count). The molecule has 2 aliphatic rings. The Morgan fingerprint density at radius 2 is 1.84 bits per heavy atom. The second-order valence-electron chi connectivity index (χ2n) is 10.1. The van der Waals surface area contributed by atoms with Gasteiger partial charge in [-0.15, -0.1) is 0 Å². The van der Waals surface area contributed by atoms with Crippen molar-refractivity contribution in [3.63, 3.8) is 0 Å². The number of piperidine rings is 1. The van der Waals surface area contributed by atoms with Crippen LogP contribution in [0.15, 0.2) is 24.3 Å². The Hall–Kier alpha value is -1.63. The maximum Gasteiger partial charge on any atom is 0.234 e. The number of hydrogen-bond donors (Lipinski definition) is 2. The van der Waals surface area contributed by atoms with Crippen LogP contribution in [0.5, 0.6) is 0 Å². The van der Waals surface area contributed by atoms with Crippen LogP contribution < -0.4 is 5.32 Å². The van der Waals surface area contributed by atoms with Crippen LogP contribution in [0.2, 0.25) is 5.02 Å². The standard InChI is InChI=1S/C24H36ClN3O3/c1-23(2)16-28(14-13-24(23,31)17-9-11-18(25)12-10-17)22(30)19-7-5-6-8-20(19)26-21(29)15-27(3)4/h9-12,19-20,31H,5-8,13-16H2,1-4H3,(H,26,29)/t19-,20+,24-/m0/s1. The number of aliphatic hydroxyl groups is 1. The molecular weight excluding hydrogens is 414 g/mol. The summed E-state index contributed by atoms with van der Waals surface area (Å²) < 4.78 is 0. The van der Waals surface area contributed by atoms with Crippen LogP contribution >= 0.6 is 11.6 Å². The number of amides is 2. The van der Waals surface area contributed by atoms with Crippen molar-refractivity contribution in [2.45, 2.75) is 57.6 Å². The molecule has 6 nitrogen and oxygen atoms in total. The maximum atomic E-state index is 13.5. The number of likely N-dealkylation sites (tertiary alicyclic amines) is 1. The summed E-state index contributed by atoms with van der Waals surface area (Å²) in [5.41, 5.74) is -0.714. The van der Waals surface area contributed by atoms with Gasteiger partial charge >= 0.3 is 0 Å². The highest BCUT2D eigenvalue weighted by atomic mass is 35.5. The summed E-state index contributed by atoms with van der Waals surface area (Å²) in [6.07, 6.45) is 4.13. The van der Waals surface area contributed by atoms with Gasteiger partial charge in [0.2, 0.25) is 11.8 Å². The van der Waals surface area contributed by atoms with Crippen molar-refractivity contribution in [2.75, 3.05) is 33.7 Å². The highest BCUT2D eigenvalue weighted by molar-refractivity contribution is 6.30. The van der Waals surface area contributed by atoms with Gasteiger partial charge in [0.1, 0.15) is 0 Å². The Morgan fingerprint density at radius 1 is 1.19 bits per heavy atom. The Bertz CT molecular complexity index is 796. The van der Waals surface area contributed by atoms with E-state index in [1.165, 1.54) is 0 Å². The average Bonchev–Trinajstić information content (AvgIpc) is 2.69. The highest BCUT2D eigenvalue weighted by Gasteiger charge is 2.50. The summed E-state index contributed by atoms with van der Waals surface area (Å²) in [6, 6.07) is 7.23. The normalized spacial score (nSPS) is 28.4. The Labute approximate surface area is 190 Å². The summed E-state index contributed by atoms with van der Waals surface area (Å²) in [6.45, 7) is 5.31. The second kappa shape index (κ2) is 9.47. The number of benzene rings is 1. The van der Waals surface area contributed by atoms with Crippen molar-refractivity contribution in [1.82, 2.24) is 15.1 Å². The molecular formula is C24H36ClN3O3. The third kappa shape index (κ3) is 5.24. The molecule has 0 radical (unpaired) electrons. The van der Waals surface area contributed by atoms with E-state index in [1.807, 2.05) is 49.9 Å². The lowest BCUT2D eigenvalue weighted by Gasteiger charge is -2.51. The predicted octanol–water partition coefficient (Wildman–Crippen LogP) is 3.02. The first-order valence-corrected chi connectivity index (χ1v) is 11.6. The fraction of sp³-hybridized carbons (Fsp3) is 0.667. The number of carbonyl (C=O) groups is 2. The van der Waals surface area contributed by atoms with Crippen LogP contribution in [0.4, 0.5) is 0 Å². The van der Waals surface area contributed by atoms with Crippen molar-refractivity contribution in [3.8, 4) is 0 Å². The SMILES string of the molecule is CN(C)CC(=O)N[C@@H]1CCCC[C@@H]1C(=O)N1CC[C@](O)(c2ccc(Cl)cc2)C(C)(C)C1. The number of rotatable bonds is 5. The zero-order valence-corrected chi connectivity index (χ0v) is 19.9. The van der Waals surface area contributed by atoms with E-state index in [2.05, 4.69) is 5.32 Å². The number of carbonyl (C=O) groups excluding carboxylic acids is 2. The first-order chi connectivity index (χ1) is 14.5. The van der Waals surface area contributed by atoms with Crippen LogP contribution in [-0.2, 0) is 15.2 Å². The molecule has 1 aliphatic heterocycles. The summed E-state index contributed by atoms with van der Waals surface area (Å²) in [4.78, 5) is 29.6. The van der Waals surface area contributed by atoms with Crippen LogP contribution in [-0.4, -0.2) is 66.5 Å². The minimum absolute atomic E-state index is 0.0363. The van der Waals surface area contributed by atoms with Gasteiger partial charge in [-0.1, -0.05) is 50.4 Å². The Kier molecular flexibility index (Phi) is 7.34. The Morgan fingerprint density at radius 3 is 2.45 bits per heavy atom. The fourth-order valence-corrected chi connectivity index (χ4v) is 5.27. The number of nitrogens with zero attached hydrogens (tertiary/aromatic N) is 2. The summed E-state index contributed by atoms with van der Waals surface area (Å²) in [5, 5.41) is 15.3. The van der Waals surface area contributed by atoms with Gasteiger partial charge in [-0.2, -0.15) is 0 Å². The van der Waals surface area contributed by atoms with E-state index in [4.69, 9.17) is 11.6 Å². The van der Waals surface area contributed by atoms with E-state index in [-0.39, 0.29) is 23.8 Å². The molecule has 0 spiro atoms. The molecule has 31 heavy (non-hydrogen) atoms. The van der Waals surface area contributed by atoms with E-state index < -0.39 is 11.0 Å². The lowest BCUT2D eigenvalue weighted by atomic mass is 9.66. The summed E-state index contributed by atoms with van der Waals surface area (Å²) in [7, 11) is 3.72. The molecule has 1 aromatic carbocycles. The maximum absolute atomic E-state index is 13.5. The van der Waals surface area contributed by atoms with Gasteiger partial charge < -0.3 is 20.2 Å². The lowest BCUT2D eigenvalue weighted by molar-refractivity contribution is -0.158. The van der Waals surface area contributed by atoms with Crippen LogP contribution in [0.1, 0.15) is 51.5 Å². The summed E-state index contributed by atoms with van der Waals surface area (Å²) in [5.74, 6) is -0.135. The van der Waals surface area contributed by atoms with E-state index in [0.29, 0.717) is 31.1 Å². The number of likely N-dealkylation sites (N-methyl/N-ethyl adjacent to an activating group) is 1. The minimum Gasteiger partial charge on any atom is -0.384 e. The van der Waals surface area contributed by atoms with Gasteiger partial charge in [0, 0.05) is 29.6 Å². The second-order valence-corrected chi connectivity index (χ2v) is 10.5. The van der Waals surface area contributed by atoms with E-state index in [1.54, 1.807) is 12.1 Å². The third-order valence-corrected chi connectivity index (χ3v) is 7.22. The van der Waals surface area contributed by atoms with Gasteiger partial charge in [0.05, 0.1) is 18.1 Å². The molecule has 1 heterocycles. The molecule has 0 aromatic heterocycles. The quantitative estimate of drug-likeness (QED) is 0.724. The fourth-order valence-electron chi connectivity index (χ4n) is 5.14. The predicted molar refractivity (Wildman–Crippen MR) is 123 cm³/mol. The first kappa shape index (κ1) is 24.0. The first-order valence-electron chi connectivity index (χ1n) is 11.2. The summed E-state index contributed by atoms with van der Waals surface area (Å²) >= 11 is 6.03. The average molecular weight is 450 g/mol. The topological polar surface area (TPSA) is 72.9 Å². The van der Waals surface area contributed by atoms with Crippen LogP contribution in [0.25, 0.3) is 0 Å². The van der Waals surface area contributed by atoms with Crippen molar-refractivity contribution in [2.24, 2.45) is 11.3 Å². The van der Waals surface area contributed by atoms with E-state index in [0.717, 1.165) is 31.2 Å². The molecule has 7 heteroatoms. The molecule has 2 N–H and O–H groups in total.